The summed E-state index contributed by atoms with van der Waals surface area (Å²) in [5.74, 6) is -0.222. The Labute approximate surface area is 121 Å². The minimum atomic E-state index is -0.502. The van der Waals surface area contributed by atoms with Crippen molar-refractivity contribution in [2.45, 2.75) is 13.3 Å². The molecule has 4 nitrogen and oxygen atoms in total. The molecule has 1 fully saturated rings. The fraction of sp³-hybridized carbons (Fsp3) is 0.429. The molecule has 1 aromatic carbocycles. The van der Waals surface area contributed by atoms with Crippen LogP contribution in [-0.4, -0.2) is 36.2 Å². The van der Waals surface area contributed by atoms with E-state index in [-0.39, 0.29) is 11.7 Å². The Balaban J connectivity index is 2.00. The Morgan fingerprint density at radius 3 is 2.79 bits per heavy atom. The van der Waals surface area contributed by atoms with E-state index in [9.17, 15) is 9.59 Å². The standard InChI is InChI=1S/C14H17BrN2O2/c1-14(13(16)19)5-6-17(9-14)8-12(18)10-3-2-4-11(15)7-10/h2-4,7H,5-6,8-9H2,1H3,(H2,16,19). The van der Waals surface area contributed by atoms with Crippen LogP contribution in [0.5, 0.6) is 0 Å². The van der Waals surface area contributed by atoms with Gasteiger partial charge < -0.3 is 5.73 Å². The monoisotopic (exact) mass is 324 g/mol. The van der Waals surface area contributed by atoms with E-state index in [4.69, 9.17) is 5.73 Å². The number of rotatable bonds is 4. The van der Waals surface area contributed by atoms with Crippen molar-refractivity contribution in [3.8, 4) is 0 Å². The van der Waals surface area contributed by atoms with Gasteiger partial charge in [0.1, 0.15) is 0 Å². The lowest BCUT2D eigenvalue weighted by Crippen LogP contribution is -2.38. The number of hydrogen-bond donors (Lipinski definition) is 1. The van der Waals surface area contributed by atoms with E-state index < -0.39 is 5.41 Å². The van der Waals surface area contributed by atoms with Crippen molar-refractivity contribution in [3.63, 3.8) is 0 Å². The summed E-state index contributed by atoms with van der Waals surface area (Å²) >= 11 is 3.35. The second-order valence-corrected chi connectivity index (χ2v) is 6.23. The third-order valence-corrected chi connectivity index (χ3v) is 4.15. The number of primary amides is 1. The van der Waals surface area contributed by atoms with Crippen LogP contribution in [0.25, 0.3) is 0 Å². The molecule has 1 aliphatic rings. The van der Waals surface area contributed by atoms with Gasteiger partial charge in [0.25, 0.3) is 0 Å². The SMILES string of the molecule is CC1(C(N)=O)CCN(CC(=O)c2cccc(Br)c2)C1. The zero-order valence-corrected chi connectivity index (χ0v) is 12.4. The van der Waals surface area contributed by atoms with Crippen LogP contribution >= 0.6 is 15.9 Å². The van der Waals surface area contributed by atoms with Crippen LogP contribution in [0, 0.1) is 5.41 Å². The molecule has 0 aromatic heterocycles. The van der Waals surface area contributed by atoms with E-state index in [1.54, 1.807) is 6.07 Å². The number of benzene rings is 1. The molecule has 0 radical (unpaired) electrons. The predicted octanol–water partition coefficient (Wildman–Crippen LogP) is 1.83. The molecule has 102 valence electrons. The zero-order valence-electron chi connectivity index (χ0n) is 10.9. The van der Waals surface area contributed by atoms with Gasteiger partial charge in [-0.15, -0.1) is 0 Å². The maximum atomic E-state index is 12.2. The highest BCUT2D eigenvalue weighted by atomic mass is 79.9. The number of ketones is 1. The van der Waals surface area contributed by atoms with Gasteiger partial charge >= 0.3 is 0 Å². The summed E-state index contributed by atoms with van der Waals surface area (Å²) in [6.07, 6.45) is 0.716. The molecule has 1 aromatic rings. The molecule has 2 rings (SSSR count). The van der Waals surface area contributed by atoms with Gasteiger partial charge in [0, 0.05) is 16.6 Å². The Bertz CT molecular complexity index is 518. The Hall–Kier alpha value is -1.20. The summed E-state index contributed by atoms with van der Waals surface area (Å²) in [7, 11) is 0. The van der Waals surface area contributed by atoms with Crippen molar-refractivity contribution in [1.82, 2.24) is 4.90 Å². The summed E-state index contributed by atoms with van der Waals surface area (Å²) < 4.78 is 0.891. The van der Waals surface area contributed by atoms with Crippen LogP contribution < -0.4 is 5.73 Å². The molecule has 1 amide bonds. The minimum Gasteiger partial charge on any atom is -0.369 e. The second-order valence-electron chi connectivity index (χ2n) is 5.32. The third kappa shape index (κ3) is 3.22. The van der Waals surface area contributed by atoms with E-state index >= 15 is 0 Å². The number of nitrogens with zero attached hydrogens (tertiary/aromatic N) is 1. The van der Waals surface area contributed by atoms with Gasteiger partial charge in [0.15, 0.2) is 5.78 Å². The summed E-state index contributed by atoms with van der Waals surface area (Å²) in [4.78, 5) is 25.5. The lowest BCUT2D eigenvalue weighted by atomic mass is 9.89. The highest BCUT2D eigenvalue weighted by Crippen LogP contribution is 2.29. The van der Waals surface area contributed by atoms with Crippen molar-refractivity contribution < 1.29 is 9.59 Å². The average molecular weight is 325 g/mol. The van der Waals surface area contributed by atoms with Gasteiger partial charge in [-0.25, -0.2) is 0 Å². The topological polar surface area (TPSA) is 63.4 Å². The Kier molecular flexibility index (Phi) is 4.06. The number of Topliss-reactive ketones (excluding diaryl/α,β-unsaturated/α-hetero) is 1. The van der Waals surface area contributed by atoms with Crippen molar-refractivity contribution in [1.29, 1.82) is 0 Å². The molecular weight excluding hydrogens is 308 g/mol. The van der Waals surface area contributed by atoms with Gasteiger partial charge in [-0.2, -0.15) is 0 Å². The first-order chi connectivity index (χ1) is 8.90. The van der Waals surface area contributed by atoms with Gasteiger partial charge in [-0.1, -0.05) is 28.1 Å². The molecule has 1 saturated heterocycles. The van der Waals surface area contributed by atoms with Crippen molar-refractivity contribution >= 4 is 27.6 Å². The van der Waals surface area contributed by atoms with Crippen LogP contribution in [0.15, 0.2) is 28.7 Å². The number of halogens is 1. The fourth-order valence-corrected chi connectivity index (χ4v) is 2.75. The summed E-state index contributed by atoms with van der Waals surface area (Å²) in [5, 5.41) is 0. The molecule has 2 N–H and O–H groups in total. The van der Waals surface area contributed by atoms with E-state index in [1.807, 2.05) is 30.0 Å². The molecule has 0 spiro atoms. The molecule has 0 saturated carbocycles. The summed E-state index contributed by atoms with van der Waals surface area (Å²) in [6.45, 7) is 3.49. The lowest BCUT2D eigenvalue weighted by molar-refractivity contribution is -0.126. The number of amides is 1. The van der Waals surface area contributed by atoms with Crippen LogP contribution in [0.3, 0.4) is 0 Å². The quantitative estimate of drug-likeness (QED) is 0.859. The van der Waals surface area contributed by atoms with Crippen LogP contribution in [0.2, 0.25) is 0 Å². The van der Waals surface area contributed by atoms with Gasteiger partial charge in [-0.05, 0) is 32.0 Å². The van der Waals surface area contributed by atoms with Gasteiger partial charge in [-0.3, -0.25) is 14.5 Å². The normalized spacial score (nSPS) is 23.5. The van der Waals surface area contributed by atoms with Crippen LogP contribution in [0.4, 0.5) is 0 Å². The van der Waals surface area contributed by atoms with E-state index in [0.29, 0.717) is 25.1 Å². The second kappa shape index (κ2) is 5.43. The largest absolute Gasteiger partial charge is 0.369 e. The number of carbonyl (C=O) groups excluding carboxylic acids is 2. The third-order valence-electron chi connectivity index (χ3n) is 3.66. The Morgan fingerprint density at radius 2 is 2.21 bits per heavy atom. The van der Waals surface area contributed by atoms with E-state index in [2.05, 4.69) is 15.9 Å². The zero-order chi connectivity index (χ0) is 14.0. The fourth-order valence-electron chi connectivity index (χ4n) is 2.35. The first kappa shape index (κ1) is 14.2. The summed E-state index contributed by atoms with van der Waals surface area (Å²) in [6, 6.07) is 7.34. The highest BCUT2D eigenvalue weighted by molar-refractivity contribution is 9.10. The minimum absolute atomic E-state index is 0.0648. The molecule has 1 unspecified atom stereocenters. The number of hydrogen-bond acceptors (Lipinski definition) is 3. The van der Waals surface area contributed by atoms with Crippen LogP contribution in [-0.2, 0) is 4.79 Å². The van der Waals surface area contributed by atoms with Crippen molar-refractivity contribution in [3.05, 3.63) is 34.3 Å². The number of carbonyl (C=O) groups is 2. The smallest absolute Gasteiger partial charge is 0.224 e. The molecule has 5 heteroatoms. The first-order valence-corrected chi connectivity index (χ1v) is 7.01. The Morgan fingerprint density at radius 1 is 1.47 bits per heavy atom. The maximum Gasteiger partial charge on any atom is 0.224 e. The summed E-state index contributed by atoms with van der Waals surface area (Å²) in [5.41, 5.74) is 5.58. The molecule has 1 atom stereocenters. The molecule has 19 heavy (non-hydrogen) atoms. The highest BCUT2D eigenvalue weighted by Gasteiger charge is 2.39. The predicted molar refractivity (Wildman–Crippen MR) is 76.8 cm³/mol. The lowest BCUT2D eigenvalue weighted by Gasteiger charge is -2.20. The molecule has 0 bridgehead atoms. The van der Waals surface area contributed by atoms with Crippen LogP contribution in [0.1, 0.15) is 23.7 Å². The molecule has 1 aliphatic heterocycles. The number of likely N-dealkylation sites (tertiary alicyclic amines) is 1. The molecule has 1 heterocycles. The van der Waals surface area contributed by atoms with E-state index in [0.717, 1.165) is 11.0 Å². The van der Waals surface area contributed by atoms with Crippen molar-refractivity contribution in [2.75, 3.05) is 19.6 Å². The number of nitrogens with two attached hydrogens (primary N) is 1. The maximum absolute atomic E-state index is 12.2. The molecular formula is C14H17BrN2O2. The van der Waals surface area contributed by atoms with Gasteiger partial charge in [0.05, 0.1) is 12.0 Å². The van der Waals surface area contributed by atoms with Gasteiger partial charge in [0.2, 0.25) is 5.91 Å². The molecule has 0 aliphatic carbocycles. The first-order valence-electron chi connectivity index (χ1n) is 6.22. The van der Waals surface area contributed by atoms with Crippen molar-refractivity contribution in [2.24, 2.45) is 11.1 Å². The average Bonchev–Trinajstić information content (AvgIpc) is 2.72. The van der Waals surface area contributed by atoms with E-state index in [1.165, 1.54) is 0 Å².